The van der Waals surface area contributed by atoms with Crippen LogP contribution in [0.15, 0.2) is 30.4 Å². The summed E-state index contributed by atoms with van der Waals surface area (Å²) in [5.41, 5.74) is 0.975. The van der Waals surface area contributed by atoms with E-state index in [0.29, 0.717) is 5.02 Å². The minimum atomic E-state index is -0.945. The van der Waals surface area contributed by atoms with Gasteiger partial charge in [-0.1, -0.05) is 23.8 Å². The topological polar surface area (TPSA) is 40.5 Å². The highest BCUT2D eigenvalue weighted by atomic mass is 35.5. The normalized spacial score (nSPS) is 14.6. The maximum atomic E-state index is 11.0. The zero-order valence-electron chi connectivity index (χ0n) is 7.98. The highest BCUT2D eigenvalue weighted by molar-refractivity contribution is 6.31. The van der Waals surface area contributed by atoms with Crippen LogP contribution >= 0.6 is 11.6 Å². The number of carbonyl (C=O) groups is 1. The Morgan fingerprint density at radius 3 is 2.60 bits per heavy atom. The number of nitrogens with zero attached hydrogens (tertiary/aromatic N) is 1. The Morgan fingerprint density at radius 2 is 2.00 bits per heavy atom. The van der Waals surface area contributed by atoms with Crippen LogP contribution in [0.1, 0.15) is 10.4 Å². The third kappa shape index (κ3) is 1.97. The van der Waals surface area contributed by atoms with Gasteiger partial charge in [0.2, 0.25) is 0 Å². The summed E-state index contributed by atoms with van der Waals surface area (Å²) >= 11 is 5.77. The fourth-order valence-corrected chi connectivity index (χ4v) is 1.80. The van der Waals surface area contributed by atoms with E-state index in [1.54, 1.807) is 12.1 Å². The van der Waals surface area contributed by atoms with Crippen molar-refractivity contribution in [1.29, 1.82) is 0 Å². The van der Waals surface area contributed by atoms with Gasteiger partial charge in [0.15, 0.2) is 0 Å². The molecular weight excluding hydrogens is 214 g/mol. The van der Waals surface area contributed by atoms with Gasteiger partial charge in [-0.3, -0.25) is 0 Å². The number of aromatic carboxylic acids is 1. The first-order chi connectivity index (χ1) is 7.18. The van der Waals surface area contributed by atoms with Crippen molar-refractivity contribution in [2.24, 2.45) is 0 Å². The summed E-state index contributed by atoms with van der Waals surface area (Å²) in [6, 6.07) is 4.94. The van der Waals surface area contributed by atoms with Crippen LogP contribution < -0.4 is 4.90 Å². The first kappa shape index (κ1) is 10.1. The zero-order chi connectivity index (χ0) is 10.8. The number of carboxylic acid groups (broad SMARTS) is 1. The van der Waals surface area contributed by atoms with E-state index < -0.39 is 5.97 Å². The standard InChI is InChI=1S/C11H10ClNO2/c12-8-3-4-10(9(7-8)11(14)15)13-5-1-2-6-13/h1-4,7H,5-6H2,(H,14,15). The van der Waals surface area contributed by atoms with E-state index in [1.807, 2.05) is 17.1 Å². The summed E-state index contributed by atoms with van der Waals surface area (Å²) in [6.07, 6.45) is 4.03. The van der Waals surface area contributed by atoms with Gasteiger partial charge in [-0.15, -0.1) is 0 Å². The van der Waals surface area contributed by atoms with Crippen LogP contribution in [0, 0.1) is 0 Å². The average Bonchev–Trinajstić information content (AvgIpc) is 2.70. The molecule has 0 saturated heterocycles. The van der Waals surface area contributed by atoms with E-state index in [-0.39, 0.29) is 5.56 Å². The van der Waals surface area contributed by atoms with E-state index in [9.17, 15) is 4.79 Å². The Labute approximate surface area is 92.6 Å². The summed E-state index contributed by atoms with van der Waals surface area (Å²) in [6.45, 7) is 1.50. The number of carboxylic acids is 1. The molecule has 1 aliphatic rings. The number of rotatable bonds is 2. The molecule has 1 aromatic rings. The molecule has 1 N–H and O–H groups in total. The minimum Gasteiger partial charge on any atom is -0.478 e. The molecule has 0 aliphatic carbocycles. The largest absolute Gasteiger partial charge is 0.478 e. The van der Waals surface area contributed by atoms with Gasteiger partial charge in [-0.05, 0) is 18.2 Å². The van der Waals surface area contributed by atoms with E-state index >= 15 is 0 Å². The molecule has 0 fully saturated rings. The number of hydrogen-bond donors (Lipinski definition) is 1. The lowest BCUT2D eigenvalue weighted by Gasteiger charge is -2.19. The van der Waals surface area contributed by atoms with Gasteiger partial charge in [-0.25, -0.2) is 4.79 Å². The van der Waals surface area contributed by atoms with Crippen molar-refractivity contribution in [2.75, 3.05) is 18.0 Å². The molecule has 1 heterocycles. The summed E-state index contributed by atoms with van der Waals surface area (Å²) in [7, 11) is 0. The predicted molar refractivity (Wildman–Crippen MR) is 59.8 cm³/mol. The Kier molecular flexibility index (Phi) is 2.64. The summed E-state index contributed by atoms with van der Waals surface area (Å²) in [4.78, 5) is 13.0. The van der Waals surface area contributed by atoms with Crippen LogP contribution in [0.4, 0.5) is 5.69 Å². The molecule has 0 aromatic heterocycles. The van der Waals surface area contributed by atoms with Crippen LogP contribution in [0.5, 0.6) is 0 Å². The smallest absolute Gasteiger partial charge is 0.337 e. The lowest BCUT2D eigenvalue weighted by molar-refractivity contribution is 0.0697. The van der Waals surface area contributed by atoms with E-state index in [1.165, 1.54) is 6.07 Å². The highest BCUT2D eigenvalue weighted by Gasteiger charge is 2.16. The van der Waals surface area contributed by atoms with Crippen LogP contribution in [0.3, 0.4) is 0 Å². The van der Waals surface area contributed by atoms with Gasteiger partial charge in [0.25, 0.3) is 0 Å². The zero-order valence-corrected chi connectivity index (χ0v) is 8.74. The molecule has 0 atom stereocenters. The molecule has 15 heavy (non-hydrogen) atoms. The van der Waals surface area contributed by atoms with E-state index in [0.717, 1.165) is 18.8 Å². The predicted octanol–water partition coefficient (Wildman–Crippen LogP) is 2.41. The van der Waals surface area contributed by atoms with Gasteiger partial charge in [0, 0.05) is 18.1 Å². The second kappa shape index (κ2) is 3.95. The van der Waals surface area contributed by atoms with Crippen molar-refractivity contribution in [1.82, 2.24) is 0 Å². The Morgan fingerprint density at radius 1 is 1.33 bits per heavy atom. The first-order valence-electron chi connectivity index (χ1n) is 4.61. The highest BCUT2D eigenvalue weighted by Crippen LogP contribution is 2.25. The summed E-state index contributed by atoms with van der Waals surface area (Å²) in [5.74, 6) is -0.945. The maximum Gasteiger partial charge on any atom is 0.337 e. The van der Waals surface area contributed by atoms with E-state index in [2.05, 4.69) is 0 Å². The quantitative estimate of drug-likeness (QED) is 0.783. The second-order valence-electron chi connectivity index (χ2n) is 3.34. The third-order valence-corrected chi connectivity index (χ3v) is 2.58. The van der Waals surface area contributed by atoms with Crippen LogP contribution in [-0.4, -0.2) is 24.2 Å². The molecule has 0 unspecified atom stereocenters. The van der Waals surface area contributed by atoms with Gasteiger partial charge in [0.05, 0.1) is 11.3 Å². The number of hydrogen-bond acceptors (Lipinski definition) is 2. The first-order valence-corrected chi connectivity index (χ1v) is 4.99. The van der Waals surface area contributed by atoms with Crippen LogP contribution in [-0.2, 0) is 0 Å². The maximum absolute atomic E-state index is 11.0. The summed E-state index contributed by atoms with van der Waals surface area (Å²) in [5, 5.41) is 9.49. The molecule has 1 aromatic carbocycles. The average molecular weight is 224 g/mol. The molecule has 2 rings (SSSR count). The number of anilines is 1. The second-order valence-corrected chi connectivity index (χ2v) is 3.78. The molecule has 0 saturated carbocycles. The SMILES string of the molecule is O=C(O)c1cc(Cl)ccc1N1CC=CC1. The Balaban J connectivity index is 2.41. The molecule has 4 heteroatoms. The van der Waals surface area contributed by atoms with Gasteiger partial charge >= 0.3 is 5.97 Å². The Hall–Kier alpha value is -1.48. The number of halogens is 1. The number of benzene rings is 1. The lowest BCUT2D eigenvalue weighted by atomic mass is 10.1. The van der Waals surface area contributed by atoms with Crippen molar-refractivity contribution in [2.45, 2.75) is 0 Å². The molecular formula is C11H10ClNO2. The molecule has 0 radical (unpaired) electrons. The molecule has 0 spiro atoms. The molecule has 3 nitrogen and oxygen atoms in total. The van der Waals surface area contributed by atoms with Gasteiger partial charge in [0.1, 0.15) is 0 Å². The van der Waals surface area contributed by atoms with Crippen LogP contribution in [0.2, 0.25) is 5.02 Å². The lowest BCUT2D eigenvalue weighted by Crippen LogP contribution is -2.21. The third-order valence-electron chi connectivity index (χ3n) is 2.35. The Bertz CT molecular complexity index is 421. The molecule has 0 amide bonds. The van der Waals surface area contributed by atoms with Gasteiger partial charge in [-0.2, -0.15) is 0 Å². The monoisotopic (exact) mass is 223 g/mol. The van der Waals surface area contributed by atoms with Crippen molar-refractivity contribution in [3.8, 4) is 0 Å². The van der Waals surface area contributed by atoms with Crippen LogP contribution in [0.25, 0.3) is 0 Å². The summed E-state index contributed by atoms with van der Waals surface area (Å²) < 4.78 is 0. The molecule has 0 bridgehead atoms. The van der Waals surface area contributed by atoms with Crippen molar-refractivity contribution in [3.63, 3.8) is 0 Å². The van der Waals surface area contributed by atoms with Crippen molar-refractivity contribution >= 4 is 23.3 Å². The fraction of sp³-hybridized carbons (Fsp3) is 0.182. The van der Waals surface area contributed by atoms with Crippen molar-refractivity contribution in [3.05, 3.63) is 40.9 Å². The van der Waals surface area contributed by atoms with Crippen molar-refractivity contribution < 1.29 is 9.90 Å². The molecule has 1 aliphatic heterocycles. The fourth-order valence-electron chi connectivity index (χ4n) is 1.63. The van der Waals surface area contributed by atoms with E-state index in [4.69, 9.17) is 16.7 Å². The minimum absolute atomic E-state index is 0.256. The van der Waals surface area contributed by atoms with Gasteiger partial charge < -0.3 is 10.0 Å². The molecule has 78 valence electrons.